The zero-order valence-corrected chi connectivity index (χ0v) is 15.0. The molecule has 2 aromatic rings. The molecular formula is C16H14ClN3O4S. The number of hydrogen-bond acceptors (Lipinski definition) is 7. The summed E-state index contributed by atoms with van der Waals surface area (Å²) in [5.41, 5.74) is 0.601. The molecule has 1 heterocycles. The van der Waals surface area contributed by atoms with Crippen LogP contribution in [0.15, 0.2) is 35.6 Å². The van der Waals surface area contributed by atoms with Crippen molar-refractivity contribution in [2.24, 2.45) is 0 Å². The van der Waals surface area contributed by atoms with E-state index in [9.17, 15) is 14.4 Å². The maximum absolute atomic E-state index is 12.0. The highest BCUT2D eigenvalue weighted by atomic mass is 35.5. The third kappa shape index (κ3) is 5.01. The Morgan fingerprint density at radius 2 is 2.00 bits per heavy atom. The van der Waals surface area contributed by atoms with Gasteiger partial charge >= 0.3 is 5.97 Å². The number of carbonyl (C=O) groups is 3. The Balaban J connectivity index is 2.01. The van der Waals surface area contributed by atoms with Gasteiger partial charge in [-0.25, -0.2) is 14.8 Å². The number of nitrogens with one attached hydrogen (secondary N) is 1. The molecule has 0 atom stereocenters. The molecule has 0 unspecified atom stereocenters. The number of halogens is 1. The van der Waals surface area contributed by atoms with E-state index in [1.165, 1.54) is 24.9 Å². The largest absolute Gasteiger partial charge is 0.451 e. The van der Waals surface area contributed by atoms with Gasteiger partial charge in [0.05, 0.1) is 16.9 Å². The molecule has 1 aromatic heterocycles. The lowest BCUT2D eigenvalue weighted by molar-refractivity contribution is -0.119. The van der Waals surface area contributed by atoms with Crippen molar-refractivity contribution in [3.63, 3.8) is 0 Å². The summed E-state index contributed by atoms with van der Waals surface area (Å²) in [6.07, 6.45) is 3.04. The first-order chi connectivity index (χ1) is 11.9. The molecule has 0 saturated carbocycles. The van der Waals surface area contributed by atoms with Crippen molar-refractivity contribution in [3.8, 4) is 0 Å². The van der Waals surface area contributed by atoms with Gasteiger partial charge in [-0.15, -0.1) is 0 Å². The van der Waals surface area contributed by atoms with Crippen LogP contribution in [-0.4, -0.2) is 40.5 Å². The monoisotopic (exact) mass is 379 g/mol. The summed E-state index contributed by atoms with van der Waals surface area (Å²) in [7, 11) is 0. The van der Waals surface area contributed by atoms with Crippen LogP contribution in [0.5, 0.6) is 0 Å². The number of ether oxygens (including phenoxy) is 1. The van der Waals surface area contributed by atoms with Gasteiger partial charge in [0.2, 0.25) is 0 Å². The van der Waals surface area contributed by atoms with E-state index in [2.05, 4.69) is 15.3 Å². The Bertz CT molecular complexity index is 829. The maximum atomic E-state index is 12.0. The molecule has 130 valence electrons. The molecule has 1 amide bonds. The van der Waals surface area contributed by atoms with Crippen molar-refractivity contribution in [3.05, 3.63) is 46.7 Å². The third-order valence-corrected chi connectivity index (χ3v) is 3.85. The lowest BCUT2D eigenvalue weighted by atomic mass is 10.1. The number of benzene rings is 1. The van der Waals surface area contributed by atoms with Crippen LogP contribution in [0.4, 0.5) is 5.69 Å². The molecule has 0 aliphatic heterocycles. The average molecular weight is 380 g/mol. The van der Waals surface area contributed by atoms with Gasteiger partial charge in [0.15, 0.2) is 23.2 Å². The number of ketones is 1. The van der Waals surface area contributed by atoms with Gasteiger partial charge in [-0.05, 0) is 25.3 Å². The molecule has 0 spiro atoms. The number of carbonyl (C=O) groups excluding carboxylic acids is 3. The molecule has 25 heavy (non-hydrogen) atoms. The average Bonchev–Trinajstić information content (AvgIpc) is 2.60. The van der Waals surface area contributed by atoms with Crippen LogP contribution in [0, 0.1) is 0 Å². The predicted octanol–water partition coefficient (Wildman–Crippen LogP) is 2.85. The van der Waals surface area contributed by atoms with E-state index in [4.69, 9.17) is 16.3 Å². The fourth-order valence-corrected chi connectivity index (χ4v) is 2.39. The van der Waals surface area contributed by atoms with E-state index in [-0.39, 0.29) is 16.5 Å². The number of nitrogens with zero attached hydrogens (tertiary/aromatic N) is 2. The van der Waals surface area contributed by atoms with Crippen LogP contribution in [-0.2, 0) is 9.53 Å². The Morgan fingerprint density at radius 3 is 2.68 bits per heavy atom. The summed E-state index contributed by atoms with van der Waals surface area (Å²) in [6, 6.07) is 6.54. The van der Waals surface area contributed by atoms with E-state index in [1.807, 2.05) is 0 Å². The third-order valence-electron chi connectivity index (χ3n) is 3.01. The highest BCUT2D eigenvalue weighted by Crippen LogP contribution is 2.18. The highest BCUT2D eigenvalue weighted by Gasteiger charge is 2.17. The van der Waals surface area contributed by atoms with Crippen LogP contribution in [0.3, 0.4) is 0 Å². The molecule has 0 aliphatic rings. The van der Waals surface area contributed by atoms with Crippen molar-refractivity contribution in [1.29, 1.82) is 0 Å². The molecule has 2 rings (SSSR count). The molecule has 0 fully saturated rings. The molecule has 0 aliphatic carbocycles. The number of rotatable bonds is 6. The van der Waals surface area contributed by atoms with E-state index in [1.54, 1.807) is 30.5 Å². The van der Waals surface area contributed by atoms with Gasteiger partial charge in [-0.1, -0.05) is 35.5 Å². The van der Waals surface area contributed by atoms with Crippen molar-refractivity contribution in [2.75, 3.05) is 18.2 Å². The van der Waals surface area contributed by atoms with E-state index in [0.29, 0.717) is 16.4 Å². The summed E-state index contributed by atoms with van der Waals surface area (Å²) in [5, 5.41) is 2.92. The first-order valence-electron chi connectivity index (χ1n) is 7.06. The molecule has 0 bridgehead atoms. The number of Topliss-reactive ketones (excluding diaryl/α,β-unsaturated/α-hetero) is 1. The Kier molecular flexibility index (Phi) is 6.49. The van der Waals surface area contributed by atoms with Crippen LogP contribution < -0.4 is 5.32 Å². The van der Waals surface area contributed by atoms with Gasteiger partial charge in [0, 0.05) is 5.56 Å². The summed E-state index contributed by atoms with van der Waals surface area (Å²) in [6.45, 7) is 0.853. The fraction of sp³-hybridized carbons (Fsp3) is 0.188. The van der Waals surface area contributed by atoms with Gasteiger partial charge in [-0.2, -0.15) is 0 Å². The first-order valence-corrected chi connectivity index (χ1v) is 8.66. The molecular weight excluding hydrogens is 366 g/mol. The van der Waals surface area contributed by atoms with E-state index in [0.717, 1.165) is 0 Å². The minimum Gasteiger partial charge on any atom is -0.451 e. The van der Waals surface area contributed by atoms with Crippen molar-refractivity contribution in [1.82, 2.24) is 9.97 Å². The molecule has 9 heteroatoms. The number of thioether (sulfide) groups is 1. The van der Waals surface area contributed by atoms with Crippen molar-refractivity contribution < 1.29 is 19.1 Å². The van der Waals surface area contributed by atoms with Crippen molar-refractivity contribution >= 4 is 46.7 Å². The molecule has 1 N–H and O–H groups in total. The predicted molar refractivity (Wildman–Crippen MR) is 94.2 cm³/mol. The van der Waals surface area contributed by atoms with Crippen LogP contribution in [0.2, 0.25) is 5.02 Å². The highest BCUT2D eigenvalue weighted by molar-refractivity contribution is 7.98. The minimum absolute atomic E-state index is 0.0325. The second kappa shape index (κ2) is 8.59. The number of esters is 1. The van der Waals surface area contributed by atoms with Crippen LogP contribution >= 0.6 is 23.4 Å². The van der Waals surface area contributed by atoms with Crippen LogP contribution in [0.1, 0.15) is 27.8 Å². The quantitative estimate of drug-likeness (QED) is 0.356. The van der Waals surface area contributed by atoms with Gasteiger partial charge in [0.25, 0.3) is 5.91 Å². The Labute approximate surface area is 153 Å². The fourth-order valence-electron chi connectivity index (χ4n) is 1.88. The molecule has 0 radical (unpaired) electrons. The van der Waals surface area contributed by atoms with Gasteiger partial charge in [-0.3, -0.25) is 9.59 Å². The summed E-state index contributed by atoms with van der Waals surface area (Å²) in [5.74, 6) is -1.61. The number of amides is 1. The normalized spacial score (nSPS) is 10.2. The number of anilines is 1. The van der Waals surface area contributed by atoms with Crippen LogP contribution in [0.25, 0.3) is 0 Å². The standard InChI is InChI=1S/C16H14ClN3O4S/c1-9(21)10-5-3-4-6-12(10)19-13(22)8-24-15(23)14-11(17)7-18-16(20-14)25-2/h3-7H,8H2,1-2H3,(H,19,22). The number of hydrogen-bond donors (Lipinski definition) is 1. The summed E-state index contributed by atoms with van der Waals surface area (Å²) >= 11 is 7.12. The molecule has 0 saturated heterocycles. The topological polar surface area (TPSA) is 98.2 Å². The number of aromatic nitrogens is 2. The van der Waals surface area contributed by atoms with E-state index >= 15 is 0 Å². The summed E-state index contributed by atoms with van der Waals surface area (Å²) < 4.78 is 4.92. The van der Waals surface area contributed by atoms with Gasteiger partial charge in [0.1, 0.15) is 0 Å². The molecule has 1 aromatic carbocycles. The lowest BCUT2D eigenvalue weighted by Gasteiger charge is -2.09. The zero-order chi connectivity index (χ0) is 18.4. The second-order valence-corrected chi connectivity index (χ2v) is 5.96. The second-order valence-electron chi connectivity index (χ2n) is 4.78. The maximum Gasteiger partial charge on any atom is 0.359 e. The van der Waals surface area contributed by atoms with Gasteiger partial charge < -0.3 is 10.1 Å². The summed E-state index contributed by atoms with van der Waals surface area (Å²) in [4.78, 5) is 43.4. The minimum atomic E-state index is -0.835. The SMILES string of the molecule is CSc1ncc(Cl)c(C(=O)OCC(=O)Nc2ccccc2C(C)=O)n1. The Morgan fingerprint density at radius 1 is 1.28 bits per heavy atom. The smallest absolute Gasteiger partial charge is 0.359 e. The number of para-hydroxylation sites is 1. The molecule has 7 nitrogen and oxygen atoms in total. The first kappa shape index (κ1) is 18.9. The van der Waals surface area contributed by atoms with E-state index < -0.39 is 18.5 Å². The zero-order valence-electron chi connectivity index (χ0n) is 13.4. The lowest BCUT2D eigenvalue weighted by Crippen LogP contribution is -2.22. The van der Waals surface area contributed by atoms with Crippen molar-refractivity contribution in [2.45, 2.75) is 12.1 Å². The Hall–Kier alpha value is -2.45.